The molecule has 0 fully saturated rings. The molecule has 0 aromatic rings. The first-order valence-corrected chi connectivity index (χ1v) is 3.88. The Kier molecular flexibility index (Phi) is 9.70. The zero-order valence-corrected chi connectivity index (χ0v) is 6.98. The minimum atomic E-state index is -0.121. The number of hydrogen-bond acceptors (Lipinski definition) is 3. The second-order valence-corrected chi connectivity index (χ2v) is 2.75. The maximum absolute atomic E-state index is 8.48. The first-order valence-electron chi connectivity index (χ1n) is 3.88. The Bertz CT molecular complexity index is 143. The van der Waals surface area contributed by atoms with Gasteiger partial charge in [0.25, 0.3) is 0 Å². The van der Waals surface area contributed by atoms with Gasteiger partial charge in [-0.15, -0.1) is 0 Å². The Hall–Kier alpha value is -0.700. The van der Waals surface area contributed by atoms with Crippen molar-refractivity contribution >= 4 is 11.4 Å². The van der Waals surface area contributed by atoms with Gasteiger partial charge in [-0.05, 0) is 32.6 Å². The Balaban J connectivity index is 0. The highest BCUT2D eigenvalue weighted by molar-refractivity contribution is 5.82. The van der Waals surface area contributed by atoms with Crippen molar-refractivity contribution in [2.75, 3.05) is 6.61 Å². The standard InChI is InChI=1S/C8H16N2O.CH4/c1-7(9)4-2-3-5-8(10)6-11;/h9-11H,2-6H2,1H3;1H4. The molecule has 12 heavy (non-hydrogen) atoms. The molecule has 0 atom stereocenters. The molecular formula is C9H20N2O. The third-order valence-electron chi connectivity index (χ3n) is 1.47. The van der Waals surface area contributed by atoms with Gasteiger partial charge in [-0.1, -0.05) is 7.43 Å². The van der Waals surface area contributed by atoms with Gasteiger partial charge in [-0.25, -0.2) is 0 Å². The lowest BCUT2D eigenvalue weighted by Gasteiger charge is -1.99. The van der Waals surface area contributed by atoms with E-state index in [4.69, 9.17) is 15.9 Å². The maximum atomic E-state index is 8.48. The lowest BCUT2D eigenvalue weighted by molar-refractivity contribution is 0.353. The molecule has 0 aliphatic carbocycles. The van der Waals surface area contributed by atoms with Gasteiger partial charge in [-0.3, -0.25) is 0 Å². The summed E-state index contributed by atoms with van der Waals surface area (Å²) in [4.78, 5) is 0. The lowest BCUT2D eigenvalue weighted by atomic mass is 10.1. The minimum absolute atomic E-state index is 0. The molecule has 0 aliphatic rings. The molecule has 3 heteroatoms. The Labute approximate surface area is 74.8 Å². The van der Waals surface area contributed by atoms with Gasteiger partial charge in [-0.2, -0.15) is 0 Å². The monoisotopic (exact) mass is 172 g/mol. The van der Waals surface area contributed by atoms with Crippen molar-refractivity contribution < 1.29 is 5.11 Å². The van der Waals surface area contributed by atoms with Crippen LogP contribution in [0, 0.1) is 10.8 Å². The summed E-state index contributed by atoms with van der Waals surface area (Å²) < 4.78 is 0. The summed E-state index contributed by atoms with van der Waals surface area (Å²) in [6.07, 6.45) is 3.36. The van der Waals surface area contributed by atoms with E-state index in [2.05, 4.69) is 0 Å². The molecule has 3 N–H and O–H groups in total. The lowest BCUT2D eigenvalue weighted by Crippen LogP contribution is -2.02. The van der Waals surface area contributed by atoms with Gasteiger partial charge in [0.1, 0.15) is 0 Å². The zero-order chi connectivity index (χ0) is 8.69. The van der Waals surface area contributed by atoms with Crippen LogP contribution in [0.5, 0.6) is 0 Å². The highest BCUT2D eigenvalue weighted by Crippen LogP contribution is 2.00. The highest BCUT2D eigenvalue weighted by Gasteiger charge is 1.94. The van der Waals surface area contributed by atoms with Gasteiger partial charge in [0.2, 0.25) is 0 Å². The fourth-order valence-electron chi connectivity index (χ4n) is 0.808. The van der Waals surface area contributed by atoms with Crippen LogP contribution >= 0.6 is 0 Å². The second-order valence-electron chi connectivity index (χ2n) is 2.75. The van der Waals surface area contributed by atoms with Crippen molar-refractivity contribution in [2.45, 2.75) is 40.0 Å². The van der Waals surface area contributed by atoms with Gasteiger partial charge in [0.05, 0.1) is 6.61 Å². The van der Waals surface area contributed by atoms with Crippen molar-refractivity contribution in [1.82, 2.24) is 0 Å². The van der Waals surface area contributed by atoms with Crippen LogP contribution in [0.4, 0.5) is 0 Å². The molecule has 0 saturated carbocycles. The van der Waals surface area contributed by atoms with Gasteiger partial charge >= 0.3 is 0 Å². The topological polar surface area (TPSA) is 67.9 Å². The van der Waals surface area contributed by atoms with Crippen molar-refractivity contribution in [3.05, 3.63) is 0 Å². The Morgan fingerprint density at radius 2 is 1.67 bits per heavy atom. The van der Waals surface area contributed by atoms with Gasteiger partial charge in [0.15, 0.2) is 0 Å². The first-order chi connectivity index (χ1) is 5.16. The van der Waals surface area contributed by atoms with E-state index in [0.29, 0.717) is 17.8 Å². The molecule has 0 aromatic carbocycles. The van der Waals surface area contributed by atoms with Crippen LogP contribution in [-0.4, -0.2) is 23.1 Å². The number of rotatable bonds is 6. The van der Waals surface area contributed by atoms with Crippen molar-refractivity contribution in [3.8, 4) is 0 Å². The largest absolute Gasteiger partial charge is 0.390 e. The summed E-state index contributed by atoms with van der Waals surface area (Å²) in [6.45, 7) is 1.67. The van der Waals surface area contributed by atoms with Crippen LogP contribution in [0.15, 0.2) is 0 Å². The predicted molar refractivity (Wildman–Crippen MR) is 53.4 cm³/mol. The molecule has 0 unspecified atom stereocenters. The van der Waals surface area contributed by atoms with Crippen LogP contribution in [0.1, 0.15) is 40.0 Å². The molecule has 0 radical (unpaired) electrons. The summed E-state index contributed by atoms with van der Waals surface area (Å²) in [7, 11) is 0. The molecule has 0 spiro atoms. The maximum Gasteiger partial charge on any atom is 0.0806 e. The summed E-state index contributed by atoms with van der Waals surface area (Å²) >= 11 is 0. The van der Waals surface area contributed by atoms with E-state index >= 15 is 0 Å². The molecule has 0 amide bonds. The van der Waals surface area contributed by atoms with E-state index in [9.17, 15) is 0 Å². The van der Waals surface area contributed by atoms with E-state index in [1.165, 1.54) is 0 Å². The summed E-state index contributed by atoms with van der Waals surface area (Å²) in [5, 5.41) is 22.7. The first kappa shape index (κ1) is 13.9. The van der Waals surface area contributed by atoms with Crippen LogP contribution < -0.4 is 0 Å². The minimum Gasteiger partial charge on any atom is -0.390 e. The molecule has 3 nitrogen and oxygen atoms in total. The number of aliphatic hydroxyl groups is 1. The van der Waals surface area contributed by atoms with Gasteiger partial charge in [0, 0.05) is 11.4 Å². The number of aliphatic hydroxyl groups excluding tert-OH is 1. The Morgan fingerprint density at radius 1 is 1.17 bits per heavy atom. The average molecular weight is 172 g/mol. The molecule has 0 aromatic heterocycles. The number of nitrogens with one attached hydrogen (secondary N) is 2. The van der Waals surface area contributed by atoms with Crippen LogP contribution in [0.2, 0.25) is 0 Å². The summed E-state index contributed by atoms with van der Waals surface area (Å²) in [5.74, 6) is 0. The molecule has 0 saturated heterocycles. The summed E-state index contributed by atoms with van der Waals surface area (Å²) in [5.41, 5.74) is 1.09. The highest BCUT2D eigenvalue weighted by atomic mass is 16.3. The quantitative estimate of drug-likeness (QED) is 0.417. The Morgan fingerprint density at radius 3 is 2.08 bits per heavy atom. The summed E-state index contributed by atoms with van der Waals surface area (Å²) in [6, 6.07) is 0. The van der Waals surface area contributed by atoms with Crippen molar-refractivity contribution in [1.29, 1.82) is 10.8 Å². The fourth-order valence-corrected chi connectivity index (χ4v) is 0.808. The van der Waals surface area contributed by atoms with E-state index in [0.717, 1.165) is 19.3 Å². The van der Waals surface area contributed by atoms with E-state index < -0.39 is 0 Å². The van der Waals surface area contributed by atoms with E-state index in [1.54, 1.807) is 6.92 Å². The third-order valence-corrected chi connectivity index (χ3v) is 1.47. The second kappa shape index (κ2) is 8.40. The smallest absolute Gasteiger partial charge is 0.0806 e. The van der Waals surface area contributed by atoms with Gasteiger partial charge < -0.3 is 15.9 Å². The third kappa shape index (κ3) is 9.30. The zero-order valence-electron chi connectivity index (χ0n) is 6.98. The molecular weight excluding hydrogens is 152 g/mol. The molecule has 0 bridgehead atoms. The van der Waals surface area contributed by atoms with Crippen LogP contribution in [0.3, 0.4) is 0 Å². The van der Waals surface area contributed by atoms with Crippen LogP contribution in [0.25, 0.3) is 0 Å². The molecule has 72 valence electrons. The molecule has 0 heterocycles. The van der Waals surface area contributed by atoms with Crippen molar-refractivity contribution in [3.63, 3.8) is 0 Å². The predicted octanol–water partition coefficient (Wildman–Crippen LogP) is 2.23. The average Bonchev–Trinajstić information content (AvgIpc) is 1.97. The van der Waals surface area contributed by atoms with E-state index in [-0.39, 0.29) is 14.0 Å². The molecule has 0 rings (SSSR count). The number of hydrogen-bond donors (Lipinski definition) is 3. The normalized spacial score (nSPS) is 8.83. The SMILES string of the molecule is C.CC(=N)CCCCC(=N)CO. The number of unbranched alkanes of at least 4 members (excludes halogenated alkanes) is 1. The van der Waals surface area contributed by atoms with Crippen molar-refractivity contribution in [2.24, 2.45) is 0 Å². The molecule has 0 aliphatic heterocycles. The van der Waals surface area contributed by atoms with Crippen LogP contribution in [-0.2, 0) is 0 Å². The van der Waals surface area contributed by atoms with E-state index in [1.807, 2.05) is 0 Å². The fraction of sp³-hybridized carbons (Fsp3) is 0.778.